The molecule has 0 saturated heterocycles. The largest absolute Gasteiger partial charge is 0.352 e. The molecule has 118 valence electrons. The van der Waals surface area contributed by atoms with Crippen molar-refractivity contribution in [3.63, 3.8) is 0 Å². The van der Waals surface area contributed by atoms with Gasteiger partial charge in [0.25, 0.3) is 0 Å². The predicted molar refractivity (Wildman–Crippen MR) is 81.0 cm³/mol. The lowest BCUT2D eigenvalue weighted by molar-refractivity contribution is -0.123. The predicted octanol–water partition coefficient (Wildman–Crippen LogP) is 1.08. The zero-order valence-corrected chi connectivity index (χ0v) is 13.6. The first-order valence-corrected chi connectivity index (χ1v) is 9.50. The molecular formula is C14H28N2O3S. The Morgan fingerprint density at radius 1 is 1.30 bits per heavy atom. The van der Waals surface area contributed by atoms with Crippen LogP contribution in [0.4, 0.5) is 0 Å². The van der Waals surface area contributed by atoms with Crippen LogP contribution < -0.4 is 11.1 Å². The van der Waals surface area contributed by atoms with Crippen molar-refractivity contribution >= 4 is 15.7 Å². The van der Waals surface area contributed by atoms with Crippen LogP contribution in [0.25, 0.3) is 0 Å². The number of nitrogens with one attached hydrogen (secondary N) is 1. The smallest absolute Gasteiger partial charge is 0.237 e. The van der Waals surface area contributed by atoms with E-state index in [0.29, 0.717) is 11.8 Å². The monoisotopic (exact) mass is 304 g/mol. The highest BCUT2D eigenvalue weighted by molar-refractivity contribution is 7.90. The zero-order chi connectivity index (χ0) is 15.3. The molecule has 1 saturated carbocycles. The number of hydrogen-bond donors (Lipinski definition) is 2. The molecule has 0 bridgehead atoms. The topological polar surface area (TPSA) is 89.3 Å². The number of amides is 1. The SMILES string of the molecule is CC(C)C1CCCCC1NC(=O)C(N)CCS(C)(=O)=O. The van der Waals surface area contributed by atoms with Gasteiger partial charge in [-0.15, -0.1) is 0 Å². The van der Waals surface area contributed by atoms with Gasteiger partial charge in [-0.05, 0) is 31.1 Å². The van der Waals surface area contributed by atoms with Gasteiger partial charge in [0.15, 0.2) is 0 Å². The summed E-state index contributed by atoms with van der Waals surface area (Å²) in [5.41, 5.74) is 5.79. The Morgan fingerprint density at radius 2 is 1.90 bits per heavy atom. The number of hydrogen-bond acceptors (Lipinski definition) is 4. The van der Waals surface area contributed by atoms with Gasteiger partial charge in [-0.25, -0.2) is 8.42 Å². The van der Waals surface area contributed by atoms with Crippen molar-refractivity contribution in [3.05, 3.63) is 0 Å². The Kier molecular flexibility index (Phi) is 6.45. The molecule has 0 radical (unpaired) electrons. The summed E-state index contributed by atoms with van der Waals surface area (Å²) >= 11 is 0. The molecule has 3 atom stereocenters. The van der Waals surface area contributed by atoms with E-state index in [1.54, 1.807) is 0 Å². The third-order valence-electron chi connectivity index (χ3n) is 4.14. The van der Waals surface area contributed by atoms with E-state index < -0.39 is 15.9 Å². The minimum atomic E-state index is -3.07. The average Bonchev–Trinajstić information content (AvgIpc) is 2.35. The van der Waals surface area contributed by atoms with Crippen molar-refractivity contribution in [2.45, 2.75) is 58.0 Å². The fourth-order valence-corrected chi connectivity index (χ4v) is 3.58. The van der Waals surface area contributed by atoms with Crippen molar-refractivity contribution in [3.8, 4) is 0 Å². The normalized spacial score (nSPS) is 25.4. The second-order valence-corrected chi connectivity index (χ2v) is 8.59. The van der Waals surface area contributed by atoms with Crippen LogP contribution in [0.15, 0.2) is 0 Å². The lowest BCUT2D eigenvalue weighted by atomic mass is 9.78. The van der Waals surface area contributed by atoms with Crippen molar-refractivity contribution < 1.29 is 13.2 Å². The molecular weight excluding hydrogens is 276 g/mol. The molecule has 5 nitrogen and oxygen atoms in total. The van der Waals surface area contributed by atoms with Crippen LogP contribution >= 0.6 is 0 Å². The number of rotatable bonds is 6. The highest BCUT2D eigenvalue weighted by Crippen LogP contribution is 2.30. The summed E-state index contributed by atoms with van der Waals surface area (Å²) in [6.07, 6.45) is 5.83. The molecule has 3 N–H and O–H groups in total. The molecule has 6 heteroatoms. The van der Waals surface area contributed by atoms with E-state index in [1.807, 2.05) is 0 Å². The van der Waals surface area contributed by atoms with Gasteiger partial charge in [0.05, 0.1) is 11.8 Å². The van der Waals surface area contributed by atoms with E-state index in [1.165, 1.54) is 6.42 Å². The molecule has 1 rings (SSSR count). The molecule has 0 spiro atoms. The number of nitrogens with two attached hydrogens (primary N) is 1. The van der Waals surface area contributed by atoms with Crippen LogP contribution in [0, 0.1) is 11.8 Å². The first-order valence-electron chi connectivity index (χ1n) is 7.44. The molecule has 0 aliphatic heterocycles. The summed E-state index contributed by atoms with van der Waals surface area (Å²) in [5, 5.41) is 3.03. The van der Waals surface area contributed by atoms with Crippen molar-refractivity contribution in [1.29, 1.82) is 0 Å². The van der Waals surface area contributed by atoms with Crippen LogP contribution in [0.5, 0.6) is 0 Å². The van der Waals surface area contributed by atoms with Crippen LogP contribution in [-0.2, 0) is 14.6 Å². The number of carbonyl (C=O) groups is 1. The molecule has 3 unspecified atom stereocenters. The maximum absolute atomic E-state index is 12.1. The maximum atomic E-state index is 12.1. The van der Waals surface area contributed by atoms with Crippen LogP contribution in [0.2, 0.25) is 0 Å². The minimum absolute atomic E-state index is 0.0418. The van der Waals surface area contributed by atoms with E-state index in [4.69, 9.17) is 5.73 Å². The summed E-state index contributed by atoms with van der Waals surface area (Å²) in [4.78, 5) is 12.1. The fourth-order valence-electron chi connectivity index (χ4n) is 2.90. The molecule has 0 aromatic carbocycles. The number of carbonyl (C=O) groups excluding carboxylic acids is 1. The second kappa shape index (κ2) is 7.41. The summed E-state index contributed by atoms with van der Waals surface area (Å²) in [6, 6.07) is -0.556. The fraction of sp³-hybridized carbons (Fsp3) is 0.929. The zero-order valence-electron chi connectivity index (χ0n) is 12.8. The van der Waals surface area contributed by atoms with E-state index in [9.17, 15) is 13.2 Å². The van der Waals surface area contributed by atoms with Gasteiger partial charge in [-0.2, -0.15) is 0 Å². The van der Waals surface area contributed by atoms with Gasteiger partial charge >= 0.3 is 0 Å². The first-order chi connectivity index (χ1) is 9.20. The van der Waals surface area contributed by atoms with Gasteiger partial charge < -0.3 is 11.1 Å². The van der Waals surface area contributed by atoms with Crippen molar-refractivity contribution in [2.24, 2.45) is 17.6 Å². The van der Waals surface area contributed by atoms with Crippen molar-refractivity contribution in [2.75, 3.05) is 12.0 Å². The van der Waals surface area contributed by atoms with Crippen LogP contribution in [0.3, 0.4) is 0 Å². The Hall–Kier alpha value is -0.620. The van der Waals surface area contributed by atoms with E-state index >= 15 is 0 Å². The summed E-state index contributed by atoms with van der Waals surface area (Å²) in [5.74, 6) is 0.772. The third kappa shape index (κ3) is 5.79. The molecule has 1 aliphatic rings. The van der Waals surface area contributed by atoms with Crippen LogP contribution in [0.1, 0.15) is 46.0 Å². The number of sulfone groups is 1. The van der Waals surface area contributed by atoms with E-state index in [2.05, 4.69) is 19.2 Å². The van der Waals surface area contributed by atoms with Crippen LogP contribution in [-0.4, -0.2) is 38.4 Å². The molecule has 1 amide bonds. The molecule has 0 aromatic rings. The molecule has 1 aliphatic carbocycles. The van der Waals surface area contributed by atoms with Gasteiger partial charge in [0.2, 0.25) is 5.91 Å². The van der Waals surface area contributed by atoms with Gasteiger partial charge in [0.1, 0.15) is 9.84 Å². The minimum Gasteiger partial charge on any atom is -0.352 e. The maximum Gasteiger partial charge on any atom is 0.237 e. The highest BCUT2D eigenvalue weighted by Gasteiger charge is 2.29. The summed E-state index contributed by atoms with van der Waals surface area (Å²) in [6.45, 7) is 4.36. The van der Waals surface area contributed by atoms with Gasteiger partial charge in [-0.1, -0.05) is 26.7 Å². The Bertz CT molecular complexity index is 420. The summed E-state index contributed by atoms with van der Waals surface area (Å²) in [7, 11) is -3.07. The Balaban J connectivity index is 2.51. The van der Waals surface area contributed by atoms with Gasteiger partial charge in [0, 0.05) is 12.3 Å². The third-order valence-corrected chi connectivity index (χ3v) is 5.12. The Morgan fingerprint density at radius 3 is 2.45 bits per heavy atom. The molecule has 0 heterocycles. The summed E-state index contributed by atoms with van der Waals surface area (Å²) < 4.78 is 22.2. The quantitative estimate of drug-likeness (QED) is 0.768. The lowest BCUT2D eigenvalue weighted by Crippen LogP contribution is -2.50. The lowest BCUT2D eigenvalue weighted by Gasteiger charge is -2.35. The second-order valence-electron chi connectivity index (χ2n) is 6.33. The standard InChI is InChI=1S/C14H28N2O3S/c1-10(2)11-6-4-5-7-13(11)16-14(17)12(15)8-9-20(3,18)19/h10-13H,4-9,15H2,1-3H3,(H,16,17). The molecule has 0 aromatic heterocycles. The molecule has 20 heavy (non-hydrogen) atoms. The van der Waals surface area contributed by atoms with E-state index in [-0.39, 0.29) is 24.1 Å². The van der Waals surface area contributed by atoms with Gasteiger partial charge in [-0.3, -0.25) is 4.79 Å². The van der Waals surface area contributed by atoms with E-state index in [0.717, 1.165) is 25.5 Å². The Labute approximate surface area is 122 Å². The highest BCUT2D eigenvalue weighted by atomic mass is 32.2. The van der Waals surface area contributed by atoms with Crippen molar-refractivity contribution in [1.82, 2.24) is 5.32 Å². The molecule has 1 fully saturated rings. The average molecular weight is 304 g/mol. The first kappa shape index (κ1) is 17.4.